The largest absolute Gasteiger partial charge is 0.508 e. The van der Waals surface area contributed by atoms with Crippen LogP contribution in [0.2, 0.25) is 0 Å². The fourth-order valence-corrected chi connectivity index (χ4v) is 2.36. The van der Waals surface area contributed by atoms with Crippen LogP contribution in [-0.4, -0.2) is 18.3 Å². The number of phenolic OH excluding ortho intramolecular Hbond substituents is 1. The Balaban J connectivity index is 1.86. The highest BCUT2D eigenvalue weighted by atomic mass is 16.5. The van der Waals surface area contributed by atoms with Crippen LogP contribution in [0.25, 0.3) is 0 Å². The summed E-state index contributed by atoms with van der Waals surface area (Å²) in [5.41, 5.74) is 3.14. The Hall–Kier alpha value is -2.16. The minimum absolute atomic E-state index is 0.360. The van der Waals surface area contributed by atoms with E-state index in [1.807, 2.05) is 37.3 Å². The zero-order valence-corrected chi connectivity index (χ0v) is 11.0. The van der Waals surface area contributed by atoms with Crippen molar-refractivity contribution in [2.24, 2.45) is 0 Å². The zero-order valence-electron chi connectivity index (χ0n) is 11.0. The topological polar surface area (TPSA) is 32.7 Å². The molecular weight excluding hydrogens is 238 g/mol. The average Bonchev–Trinajstić information content (AvgIpc) is 2.43. The fourth-order valence-electron chi connectivity index (χ4n) is 2.36. The number of nitrogens with zero attached hydrogens (tertiary/aromatic N) is 1. The minimum Gasteiger partial charge on any atom is -0.508 e. The molecule has 3 nitrogen and oxygen atoms in total. The SMILES string of the molecule is Cc1ccc(CN2CCOc3ccccc32)cc1O. The van der Waals surface area contributed by atoms with Crippen molar-refractivity contribution < 1.29 is 9.84 Å². The van der Waals surface area contributed by atoms with E-state index >= 15 is 0 Å². The summed E-state index contributed by atoms with van der Waals surface area (Å²) in [5, 5.41) is 9.78. The van der Waals surface area contributed by atoms with Crippen LogP contribution in [0.4, 0.5) is 5.69 Å². The summed E-state index contributed by atoms with van der Waals surface area (Å²) in [6, 6.07) is 13.9. The third-order valence-corrected chi connectivity index (χ3v) is 3.47. The lowest BCUT2D eigenvalue weighted by molar-refractivity contribution is 0.307. The van der Waals surface area contributed by atoms with Crippen molar-refractivity contribution in [2.75, 3.05) is 18.1 Å². The van der Waals surface area contributed by atoms with E-state index in [0.29, 0.717) is 12.4 Å². The fraction of sp³-hybridized carbons (Fsp3) is 0.250. The normalized spacial score (nSPS) is 13.8. The van der Waals surface area contributed by atoms with E-state index in [-0.39, 0.29) is 0 Å². The lowest BCUT2D eigenvalue weighted by atomic mass is 10.1. The number of fused-ring (bicyclic) bond motifs is 1. The molecule has 3 heteroatoms. The van der Waals surface area contributed by atoms with Gasteiger partial charge in [0.1, 0.15) is 18.1 Å². The highest BCUT2D eigenvalue weighted by Gasteiger charge is 2.17. The van der Waals surface area contributed by atoms with Crippen molar-refractivity contribution in [1.82, 2.24) is 0 Å². The second-order valence-corrected chi connectivity index (χ2v) is 4.86. The van der Waals surface area contributed by atoms with Gasteiger partial charge in [0.05, 0.1) is 12.2 Å². The summed E-state index contributed by atoms with van der Waals surface area (Å²) < 4.78 is 5.64. The molecule has 98 valence electrons. The molecule has 1 N–H and O–H groups in total. The Morgan fingerprint density at radius 1 is 1.21 bits per heavy atom. The van der Waals surface area contributed by atoms with Gasteiger partial charge in [0.2, 0.25) is 0 Å². The zero-order chi connectivity index (χ0) is 13.2. The molecule has 0 saturated heterocycles. The highest BCUT2D eigenvalue weighted by molar-refractivity contribution is 5.60. The molecule has 1 heterocycles. The van der Waals surface area contributed by atoms with E-state index in [4.69, 9.17) is 4.74 Å². The molecule has 3 rings (SSSR count). The Bertz CT molecular complexity index is 595. The predicted molar refractivity (Wildman–Crippen MR) is 75.8 cm³/mol. The second kappa shape index (κ2) is 4.84. The van der Waals surface area contributed by atoms with E-state index in [9.17, 15) is 5.11 Å². The molecule has 0 atom stereocenters. The van der Waals surface area contributed by atoms with Crippen LogP contribution in [0.3, 0.4) is 0 Å². The highest BCUT2D eigenvalue weighted by Crippen LogP contribution is 2.32. The third-order valence-electron chi connectivity index (χ3n) is 3.47. The molecule has 1 aliphatic rings. The number of aryl methyl sites for hydroxylation is 1. The van der Waals surface area contributed by atoms with Gasteiger partial charge in [-0.25, -0.2) is 0 Å². The van der Waals surface area contributed by atoms with Crippen LogP contribution in [0.5, 0.6) is 11.5 Å². The van der Waals surface area contributed by atoms with E-state index < -0.39 is 0 Å². The van der Waals surface area contributed by atoms with Gasteiger partial charge in [0, 0.05) is 6.54 Å². The summed E-state index contributed by atoms with van der Waals surface area (Å²) in [4.78, 5) is 2.28. The van der Waals surface area contributed by atoms with E-state index in [1.54, 1.807) is 0 Å². The number of aromatic hydroxyl groups is 1. The molecule has 0 fully saturated rings. The average molecular weight is 255 g/mol. The third kappa shape index (κ3) is 2.36. The quantitative estimate of drug-likeness (QED) is 0.895. The number of rotatable bonds is 2. The summed E-state index contributed by atoms with van der Waals surface area (Å²) in [5.74, 6) is 1.30. The molecular formula is C16H17NO2. The molecule has 2 aromatic rings. The van der Waals surface area contributed by atoms with Gasteiger partial charge in [-0.2, -0.15) is 0 Å². The Kier molecular flexibility index (Phi) is 3.03. The number of anilines is 1. The van der Waals surface area contributed by atoms with E-state index in [0.717, 1.165) is 35.7 Å². The van der Waals surface area contributed by atoms with Gasteiger partial charge in [-0.3, -0.25) is 0 Å². The second-order valence-electron chi connectivity index (χ2n) is 4.86. The van der Waals surface area contributed by atoms with Crippen molar-refractivity contribution in [1.29, 1.82) is 0 Å². The molecule has 0 unspecified atom stereocenters. The summed E-state index contributed by atoms with van der Waals surface area (Å²) in [7, 11) is 0. The Morgan fingerprint density at radius 2 is 2.05 bits per heavy atom. The standard InChI is InChI=1S/C16H17NO2/c1-12-6-7-13(10-15(12)18)11-17-8-9-19-16-5-3-2-4-14(16)17/h2-7,10,18H,8-9,11H2,1H3. The number of hydrogen-bond donors (Lipinski definition) is 1. The van der Waals surface area contributed by atoms with Crippen LogP contribution < -0.4 is 9.64 Å². The van der Waals surface area contributed by atoms with Crippen LogP contribution in [0.15, 0.2) is 42.5 Å². The van der Waals surface area contributed by atoms with Gasteiger partial charge < -0.3 is 14.7 Å². The van der Waals surface area contributed by atoms with Crippen LogP contribution in [0, 0.1) is 6.92 Å². The molecule has 0 radical (unpaired) electrons. The Labute approximate surface area is 113 Å². The first-order chi connectivity index (χ1) is 9.24. The molecule has 0 aromatic heterocycles. The van der Waals surface area contributed by atoms with Crippen LogP contribution >= 0.6 is 0 Å². The van der Waals surface area contributed by atoms with Crippen molar-refractivity contribution in [3.63, 3.8) is 0 Å². The maximum Gasteiger partial charge on any atom is 0.142 e. The maximum absolute atomic E-state index is 9.78. The molecule has 0 saturated carbocycles. The summed E-state index contributed by atoms with van der Waals surface area (Å²) in [6.45, 7) is 4.26. The van der Waals surface area contributed by atoms with Gasteiger partial charge in [-0.1, -0.05) is 24.3 Å². The van der Waals surface area contributed by atoms with Gasteiger partial charge in [-0.15, -0.1) is 0 Å². The van der Waals surface area contributed by atoms with Crippen molar-refractivity contribution in [3.8, 4) is 11.5 Å². The van der Waals surface area contributed by atoms with Crippen LogP contribution in [-0.2, 0) is 6.54 Å². The molecule has 0 amide bonds. The smallest absolute Gasteiger partial charge is 0.142 e. The monoisotopic (exact) mass is 255 g/mol. The molecule has 2 aromatic carbocycles. The number of phenols is 1. The first-order valence-corrected chi connectivity index (χ1v) is 6.49. The predicted octanol–water partition coefficient (Wildman–Crippen LogP) is 3.10. The molecule has 19 heavy (non-hydrogen) atoms. The maximum atomic E-state index is 9.78. The number of hydrogen-bond acceptors (Lipinski definition) is 3. The van der Waals surface area contributed by atoms with E-state index in [2.05, 4.69) is 17.0 Å². The molecule has 0 bridgehead atoms. The van der Waals surface area contributed by atoms with Crippen molar-refractivity contribution in [3.05, 3.63) is 53.6 Å². The summed E-state index contributed by atoms with van der Waals surface area (Å²) in [6.07, 6.45) is 0. The molecule has 0 aliphatic carbocycles. The van der Waals surface area contributed by atoms with Gasteiger partial charge in [-0.05, 0) is 36.2 Å². The molecule has 1 aliphatic heterocycles. The van der Waals surface area contributed by atoms with E-state index in [1.165, 1.54) is 0 Å². The first-order valence-electron chi connectivity index (χ1n) is 6.49. The first kappa shape index (κ1) is 11.9. The van der Waals surface area contributed by atoms with Gasteiger partial charge in [0.25, 0.3) is 0 Å². The van der Waals surface area contributed by atoms with Crippen molar-refractivity contribution >= 4 is 5.69 Å². The van der Waals surface area contributed by atoms with Gasteiger partial charge >= 0.3 is 0 Å². The number of benzene rings is 2. The lowest BCUT2D eigenvalue weighted by Crippen LogP contribution is -2.32. The number of para-hydroxylation sites is 2. The van der Waals surface area contributed by atoms with Crippen LogP contribution in [0.1, 0.15) is 11.1 Å². The van der Waals surface area contributed by atoms with Gasteiger partial charge in [0.15, 0.2) is 0 Å². The Morgan fingerprint density at radius 3 is 2.89 bits per heavy atom. The summed E-state index contributed by atoms with van der Waals surface area (Å²) >= 11 is 0. The minimum atomic E-state index is 0.360. The van der Waals surface area contributed by atoms with Crippen molar-refractivity contribution in [2.45, 2.75) is 13.5 Å². The lowest BCUT2D eigenvalue weighted by Gasteiger charge is -2.31. The number of ether oxygens (including phenoxy) is 1. The molecule has 0 spiro atoms.